The molecular formula is C19H24N4O2. The van der Waals surface area contributed by atoms with Crippen molar-refractivity contribution in [3.63, 3.8) is 0 Å². The van der Waals surface area contributed by atoms with Crippen LogP contribution in [0.5, 0.6) is 0 Å². The standard InChI is InChI=1S/C19H24N4O2/c24-17-6-1-5-16-18(17)19(15-4-2-7-20-14-15)21-23(16)9-3-8-22-10-12-25-13-11-22/h2,4,7,14H,1,3,5-6,8-13H2. The molecule has 1 saturated heterocycles. The van der Waals surface area contributed by atoms with Crippen molar-refractivity contribution in [3.8, 4) is 11.3 Å². The Balaban J connectivity index is 1.54. The molecule has 1 fully saturated rings. The van der Waals surface area contributed by atoms with Crippen LogP contribution in [0.1, 0.15) is 35.3 Å². The van der Waals surface area contributed by atoms with Gasteiger partial charge in [0.1, 0.15) is 5.69 Å². The summed E-state index contributed by atoms with van der Waals surface area (Å²) in [4.78, 5) is 19.1. The Morgan fingerprint density at radius 1 is 1.16 bits per heavy atom. The number of hydrogen-bond acceptors (Lipinski definition) is 5. The maximum Gasteiger partial charge on any atom is 0.166 e. The van der Waals surface area contributed by atoms with E-state index in [2.05, 4.69) is 14.6 Å². The first-order chi connectivity index (χ1) is 12.3. The molecule has 132 valence electrons. The van der Waals surface area contributed by atoms with Crippen molar-refractivity contribution in [2.75, 3.05) is 32.8 Å². The zero-order valence-electron chi connectivity index (χ0n) is 14.5. The van der Waals surface area contributed by atoms with E-state index in [9.17, 15) is 4.79 Å². The molecule has 3 heterocycles. The lowest BCUT2D eigenvalue weighted by Crippen LogP contribution is -2.37. The summed E-state index contributed by atoms with van der Waals surface area (Å²) in [5.74, 6) is 0.222. The Bertz CT molecular complexity index is 735. The molecule has 0 aromatic carbocycles. The predicted molar refractivity (Wildman–Crippen MR) is 94.6 cm³/mol. The highest BCUT2D eigenvalue weighted by Gasteiger charge is 2.27. The van der Waals surface area contributed by atoms with Crippen molar-refractivity contribution < 1.29 is 9.53 Å². The first-order valence-corrected chi connectivity index (χ1v) is 9.16. The molecule has 25 heavy (non-hydrogen) atoms. The summed E-state index contributed by atoms with van der Waals surface area (Å²) in [6.07, 6.45) is 7.06. The molecule has 1 aliphatic heterocycles. The molecule has 2 aliphatic rings. The van der Waals surface area contributed by atoms with Gasteiger partial charge in [-0.3, -0.25) is 19.4 Å². The van der Waals surface area contributed by atoms with E-state index in [1.54, 1.807) is 12.4 Å². The summed E-state index contributed by atoms with van der Waals surface area (Å²) >= 11 is 0. The lowest BCUT2D eigenvalue weighted by atomic mass is 9.92. The average molecular weight is 340 g/mol. The summed E-state index contributed by atoms with van der Waals surface area (Å²) in [6, 6.07) is 3.88. The zero-order chi connectivity index (χ0) is 17.1. The SMILES string of the molecule is O=C1CCCc2c1c(-c1cccnc1)nn2CCCN1CCOCC1. The van der Waals surface area contributed by atoms with Gasteiger partial charge in [0.2, 0.25) is 0 Å². The number of pyridine rings is 1. The summed E-state index contributed by atoms with van der Waals surface area (Å²) in [5, 5.41) is 4.81. The second kappa shape index (κ2) is 7.45. The van der Waals surface area contributed by atoms with Gasteiger partial charge in [0, 0.05) is 56.3 Å². The maximum absolute atomic E-state index is 12.5. The fourth-order valence-corrected chi connectivity index (χ4v) is 3.74. The Kier molecular flexibility index (Phi) is 4.90. The number of aryl methyl sites for hydroxylation is 1. The van der Waals surface area contributed by atoms with E-state index in [0.29, 0.717) is 6.42 Å². The van der Waals surface area contributed by atoms with Gasteiger partial charge < -0.3 is 4.74 Å². The molecule has 2 aromatic heterocycles. The van der Waals surface area contributed by atoms with Gasteiger partial charge in [-0.05, 0) is 31.4 Å². The van der Waals surface area contributed by atoms with E-state index in [-0.39, 0.29) is 5.78 Å². The van der Waals surface area contributed by atoms with Crippen LogP contribution in [0, 0.1) is 0 Å². The summed E-state index contributed by atoms with van der Waals surface area (Å²) < 4.78 is 7.46. The van der Waals surface area contributed by atoms with Crippen molar-refractivity contribution in [3.05, 3.63) is 35.8 Å². The highest BCUT2D eigenvalue weighted by Crippen LogP contribution is 2.31. The Morgan fingerprint density at radius 3 is 2.84 bits per heavy atom. The summed E-state index contributed by atoms with van der Waals surface area (Å²) in [6.45, 7) is 5.59. The molecule has 0 N–H and O–H groups in total. The van der Waals surface area contributed by atoms with E-state index in [0.717, 1.165) is 81.2 Å². The van der Waals surface area contributed by atoms with Gasteiger partial charge in [-0.15, -0.1) is 0 Å². The molecule has 0 atom stereocenters. The smallest absolute Gasteiger partial charge is 0.166 e. The second-order valence-corrected chi connectivity index (χ2v) is 6.72. The molecule has 0 saturated carbocycles. The number of ether oxygens (including phenoxy) is 1. The second-order valence-electron chi connectivity index (χ2n) is 6.72. The minimum atomic E-state index is 0.222. The van der Waals surface area contributed by atoms with E-state index in [1.165, 1.54) is 0 Å². The van der Waals surface area contributed by atoms with Crippen LogP contribution in [0.25, 0.3) is 11.3 Å². The number of morpholine rings is 1. The fraction of sp³-hybridized carbons (Fsp3) is 0.526. The number of carbonyl (C=O) groups is 1. The Labute approximate surface area is 147 Å². The zero-order valence-corrected chi connectivity index (χ0v) is 14.5. The van der Waals surface area contributed by atoms with E-state index < -0.39 is 0 Å². The van der Waals surface area contributed by atoms with Crippen molar-refractivity contribution in [2.45, 2.75) is 32.2 Å². The van der Waals surface area contributed by atoms with Crippen LogP contribution in [-0.2, 0) is 17.7 Å². The Hall–Kier alpha value is -2.05. The maximum atomic E-state index is 12.5. The topological polar surface area (TPSA) is 60.2 Å². The molecule has 0 amide bonds. The van der Waals surface area contributed by atoms with Crippen LogP contribution in [0.3, 0.4) is 0 Å². The van der Waals surface area contributed by atoms with Crippen LogP contribution in [-0.4, -0.2) is 58.3 Å². The number of carbonyl (C=O) groups excluding carboxylic acids is 1. The predicted octanol–water partition coefficient (Wildman–Crippen LogP) is 2.19. The molecule has 4 rings (SSSR count). The number of Topliss-reactive ketones (excluding diaryl/α,β-unsaturated/α-hetero) is 1. The highest BCUT2D eigenvalue weighted by atomic mass is 16.5. The third-order valence-corrected chi connectivity index (χ3v) is 5.04. The lowest BCUT2D eigenvalue weighted by molar-refractivity contribution is 0.0368. The number of hydrogen-bond donors (Lipinski definition) is 0. The first-order valence-electron chi connectivity index (χ1n) is 9.16. The normalized spacial score (nSPS) is 18.3. The quantitative estimate of drug-likeness (QED) is 0.835. The minimum Gasteiger partial charge on any atom is -0.379 e. The van der Waals surface area contributed by atoms with Crippen LogP contribution in [0.4, 0.5) is 0 Å². The molecule has 6 heteroatoms. The number of rotatable bonds is 5. The molecule has 1 aliphatic carbocycles. The number of fused-ring (bicyclic) bond motifs is 1. The van der Waals surface area contributed by atoms with Crippen LogP contribution >= 0.6 is 0 Å². The average Bonchev–Trinajstić information content (AvgIpc) is 3.04. The largest absolute Gasteiger partial charge is 0.379 e. The van der Waals surface area contributed by atoms with Crippen LogP contribution in [0.2, 0.25) is 0 Å². The lowest BCUT2D eigenvalue weighted by Gasteiger charge is -2.26. The molecule has 0 unspecified atom stereocenters. The van der Waals surface area contributed by atoms with E-state index in [1.807, 2.05) is 12.1 Å². The highest BCUT2D eigenvalue weighted by molar-refractivity contribution is 6.03. The monoisotopic (exact) mass is 340 g/mol. The summed E-state index contributed by atoms with van der Waals surface area (Å²) in [7, 11) is 0. The van der Waals surface area contributed by atoms with Crippen LogP contribution < -0.4 is 0 Å². The van der Waals surface area contributed by atoms with Gasteiger partial charge in [0.15, 0.2) is 5.78 Å². The molecule has 6 nitrogen and oxygen atoms in total. The van der Waals surface area contributed by atoms with Gasteiger partial charge in [0.05, 0.1) is 18.8 Å². The molecular weight excluding hydrogens is 316 g/mol. The molecule has 0 radical (unpaired) electrons. The number of ketones is 1. The van der Waals surface area contributed by atoms with Gasteiger partial charge in [-0.1, -0.05) is 0 Å². The third kappa shape index (κ3) is 3.50. The summed E-state index contributed by atoms with van der Waals surface area (Å²) in [5.41, 5.74) is 3.67. The molecule has 0 bridgehead atoms. The van der Waals surface area contributed by atoms with E-state index in [4.69, 9.17) is 9.84 Å². The Morgan fingerprint density at radius 2 is 2.04 bits per heavy atom. The number of aromatic nitrogens is 3. The van der Waals surface area contributed by atoms with Gasteiger partial charge >= 0.3 is 0 Å². The van der Waals surface area contributed by atoms with Crippen molar-refractivity contribution in [1.82, 2.24) is 19.7 Å². The molecule has 2 aromatic rings. The van der Waals surface area contributed by atoms with Crippen molar-refractivity contribution in [1.29, 1.82) is 0 Å². The van der Waals surface area contributed by atoms with Gasteiger partial charge in [0.25, 0.3) is 0 Å². The fourth-order valence-electron chi connectivity index (χ4n) is 3.74. The minimum absolute atomic E-state index is 0.222. The number of nitrogens with zero attached hydrogens (tertiary/aromatic N) is 4. The third-order valence-electron chi connectivity index (χ3n) is 5.04. The van der Waals surface area contributed by atoms with Crippen LogP contribution in [0.15, 0.2) is 24.5 Å². The molecule has 0 spiro atoms. The van der Waals surface area contributed by atoms with Gasteiger partial charge in [-0.25, -0.2) is 0 Å². The van der Waals surface area contributed by atoms with Crippen molar-refractivity contribution in [2.24, 2.45) is 0 Å². The van der Waals surface area contributed by atoms with Gasteiger partial charge in [-0.2, -0.15) is 5.10 Å². The first kappa shape index (κ1) is 16.4. The van der Waals surface area contributed by atoms with E-state index >= 15 is 0 Å². The van der Waals surface area contributed by atoms with Crippen molar-refractivity contribution >= 4 is 5.78 Å².